The van der Waals surface area contributed by atoms with Crippen molar-refractivity contribution in [3.05, 3.63) is 0 Å². The van der Waals surface area contributed by atoms with E-state index in [0.29, 0.717) is 0 Å². The van der Waals surface area contributed by atoms with Crippen LogP contribution in [0.2, 0.25) is 0 Å². The van der Waals surface area contributed by atoms with Gasteiger partial charge in [-0.2, -0.15) is 0 Å². The normalized spacial score (nSPS) is 52.1. The molecule has 0 aromatic heterocycles. The SMILES string of the molecule is C1CC2C3CCC(C3)C(C1)C2N1CCCC1. The van der Waals surface area contributed by atoms with Crippen LogP contribution < -0.4 is 0 Å². The van der Waals surface area contributed by atoms with Gasteiger partial charge < -0.3 is 0 Å². The van der Waals surface area contributed by atoms with Crippen LogP contribution in [0.15, 0.2) is 0 Å². The van der Waals surface area contributed by atoms with Gasteiger partial charge in [0.25, 0.3) is 0 Å². The van der Waals surface area contributed by atoms with Gasteiger partial charge in [-0.3, -0.25) is 4.90 Å². The van der Waals surface area contributed by atoms with Crippen molar-refractivity contribution < 1.29 is 0 Å². The van der Waals surface area contributed by atoms with Crippen LogP contribution in [0, 0.1) is 23.7 Å². The number of fused-ring (bicyclic) bond motifs is 6. The average Bonchev–Trinajstić information content (AvgIpc) is 2.98. The Labute approximate surface area is 99.6 Å². The summed E-state index contributed by atoms with van der Waals surface area (Å²) in [5.41, 5.74) is 0. The molecule has 90 valence electrons. The fourth-order valence-electron chi connectivity index (χ4n) is 5.69. The zero-order chi connectivity index (χ0) is 10.5. The molecule has 4 unspecified atom stereocenters. The Morgan fingerprint density at radius 2 is 1.31 bits per heavy atom. The molecule has 0 aromatic carbocycles. The highest BCUT2D eigenvalue weighted by atomic mass is 15.2. The zero-order valence-corrected chi connectivity index (χ0v) is 10.4. The lowest BCUT2D eigenvalue weighted by Gasteiger charge is -2.50. The second-order valence-corrected chi connectivity index (χ2v) is 6.83. The minimum Gasteiger partial charge on any atom is -0.300 e. The summed E-state index contributed by atoms with van der Waals surface area (Å²) >= 11 is 0. The Morgan fingerprint density at radius 3 is 1.94 bits per heavy atom. The fraction of sp³-hybridized carbons (Fsp3) is 1.00. The van der Waals surface area contributed by atoms with Gasteiger partial charge >= 0.3 is 0 Å². The van der Waals surface area contributed by atoms with Crippen LogP contribution in [0.5, 0.6) is 0 Å². The van der Waals surface area contributed by atoms with E-state index < -0.39 is 0 Å². The lowest BCUT2D eigenvalue weighted by Crippen LogP contribution is -2.52. The number of hydrogen-bond donors (Lipinski definition) is 0. The molecule has 0 amide bonds. The molecule has 3 aliphatic carbocycles. The van der Waals surface area contributed by atoms with Crippen LogP contribution in [0.3, 0.4) is 0 Å². The lowest BCUT2D eigenvalue weighted by molar-refractivity contribution is -0.00749. The first kappa shape index (κ1) is 9.94. The van der Waals surface area contributed by atoms with E-state index in [4.69, 9.17) is 0 Å². The molecule has 1 heterocycles. The van der Waals surface area contributed by atoms with Crippen molar-refractivity contribution in [3.8, 4) is 0 Å². The average molecular weight is 219 g/mol. The molecule has 4 atom stereocenters. The first-order valence-electron chi connectivity index (χ1n) is 7.67. The standard InChI is InChI=1S/C15H25N/c1-2-9-16(8-1)15-13-4-3-5-14(15)12-7-6-11(13)10-12/h11-15H,1-10H2. The summed E-state index contributed by atoms with van der Waals surface area (Å²) < 4.78 is 0. The fourth-order valence-corrected chi connectivity index (χ4v) is 5.69. The van der Waals surface area contributed by atoms with Crippen LogP contribution in [0.4, 0.5) is 0 Å². The molecule has 1 aliphatic heterocycles. The third-order valence-corrected chi connectivity index (χ3v) is 6.24. The van der Waals surface area contributed by atoms with Crippen LogP contribution in [0.1, 0.15) is 51.4 Å². The van der Waals surface area contributed by atoms with Crippen molar-refractivity contribution in [1.29, 1.82) is 0 Å². The molecular formula is C15H25N. The lowest BCUT2D eigenvalue weighted by atomic mass is 9.62. The van der Waals surface area contributed by atoms with Crippen molar-refractivity contribution in [2.45, 2.75) is 57.4 Å². The van der Waals surface area contributed by atoms with E-state index in [2.05, 4.69) is 4.90 Å². The highest BCUT2D eigenvalue weighted by molar-refractivity contribution is 5.03. The number of hydrogen-bond acceptors (Lipinski definition) is 1. The molecule has 1 saturated heterocycles. The molecular weight excluding hydrogens is 194 g/mol. The maximum Gasteiger partial charge on any atom is 0.0157 e. The van der Waals surface area contributed by atoms with Gasteiger partial charge in [-0.15, -0.1) is 0 Å². The zero-order valence-electron chi connectivity index (χ0n) is 10.4. The Balaban J connectivity index is 1.64. The van der Waals surface area contributed by atoms with Crippen molar-refractivity contribution >= 4 is 0 Å². The maximum atomic E-state index is 2.90. The van der Waals surface area contributed by atoms with Crippen molar-refractivity contribution in [3.63, 3.8) is 0 Å². The summed E-state index contributed by atoms with van der Waals surface area (Å²) in [7, 11) is 0. The van der Waals surface area contributed by atoms with E-state index in [1.54, 1.807) is 38.5 Å². The molecule has 3 saturated carbocycles. The third kappa shape index (κ3) is 1.33. The molecule has 4 rings (SSSR count). The van der Waals surface area contributed by atoms with Gasteiger partial charge in [-0.1, -0.05) is 6.42 Å². The Hall–Kier alpha value is -0.0400. The van der Waals surface area contributed by atoms with Crippen LogP contribution in [-0.4, -0.2) is 24.0 Å². The topological polar surface area (TPSA) is 3.24 Å². The monoisotopic (exact) mass is 219 g/mol. The Morgan fingerprint density at radius 1 is 0.688 bits per heavy atom. The Bertz CT molecular complexity index is 251. The van der Waals surface area contributed by atoms with Gasteiger partial charge in [0.2, 0.25) is 0 Å². The van der Waals surface area contributed by atoms with E-state index in [-0.39, 0.29) is 0 Å². The van der Waals surface area contributed by atoms with Crippen LogP contribution >= 0.6 is 0 Å². The Kier molecular flexibility index (Phi) is 2.32. The largest absolute Gasteiger partial charge is 0.300 e. The summed E-state index contributed by atoms with van der Waals surface area (Å²) in [4.78, 5) is 2.90. The summed E-state index contributed by atoms with van der Waals surface area (Å²) in [6.07, 6.45) is 12.4. The summed E-state index contributed by atoms with van der Waals surface area (Å²) in [6, 6.07) is 1.03. The number of nitrogens with zero attached hydrogens (tertiary/aromatic N) is 1. The smallest absolute Gasteiger partial charge is 0.0157 e. The first-order chi connectivity index (χ1) is 7.93. The van der Waals surface area contributed by atoms with Crippen molar-refractivity contribution in [1.82, 2.24) is 4.90 Å². The van der Waals surface area contributed by atoms with Crippen molar-refractivity contribution in [2.24, 2.45) is 23.7 Å². The molecule has 16 heavy (non-hydrogen) atoms. The molecule has 0 aromatic rings. The maximum absolute atomic E-state index is 2.90. The van der Waals surface area contributed by atoms with Gasteiger partial charge in [-0.05, 0) is 81.7 Å². The number of rotatable bonds is 1. The summed E-state index contributed by atoms with van der Waals surface area (Å²) in [5, 5.41) is 0. The molecule has 0 spiro atoms. The molecule has 0 radical (unpaired) electrons. The highest BCUT2D eigenvalue weighted by Crippen LogP contribution is 2.55. The second kappa shape index (κ2) is 3.73. The van der Waals surface area contributed by atoms with E-state index in [0.717, 1.165) is 29.7 Å². The van der Waals surface area contributed by atoms with Gasteiger partial charge in [0.15, 0.2) is 0 Å². The van der Waals surface area contributed by atoms with Crippen molar-refractivity contribution in [2.75, 3.05) is 13.1 Å². The van der Waals surface area contributed by atoms with E-state index in [1.165, 1.54) is 25.9 Å². The number of likely N-dealkylation sites (tertiary alicyclic amines) is 1. The highest BCUT2D eigenvalue weighted by Gasteiger charge is 2.51. The third-order valence-electron chi connectivity index (χ3n) is 6.24. The van der Waals surface area contributed by atoms with E-state index in [9.17, 15) is 0 Å². The molecule has 4 bridgehead atoms. The van der Waals surface area contributed by atoms with Gasteiger partial charge in [0.1, 0.15) is 0 Å². The molecule has 1 nitrogen and oxygen atoms in total. The van der Waals surface area contributed by atoms with E-state index in [1.807, 2.05) is 0 Å². The minimum absolute atomic E-state index is 1.03. The molecule has 1 heteroatoms. The molecule has 0 N–H and O–H groups in total. The molecule has 4 fully saturated rings. The van der Waals surface area contributed by atoms with Gasteiger partial charge in [0.05, 0.1) is 0 Å². The first-order valence-corrected chi connectivity index (χ1v) is 7.67. The van der Waals surface area contributed by atoms with Crippen LogP contribution in [-0.2, 0) is 0 Å². The predicted octanol–water partition coefficient (Wildman–Crippen LogP) is 3.30. The second-order valence-electron chi connectivity index (χ2n) is 6.83. The minimum atomic E-state index is 1.03. The summed E-state index contributed by atoms with van der Waals surface area (Å²) in [6.45, 7) is 2.86. The predicted molar refractivity (Wildman–Crippen MR) is 66.3 cm³/mol. The van der Waals surface area contributed by atoms with E-state index >= 15 is 0 Å². The quantitative estimate of drug-likeness (QED) is 0.654. The summed E-state index contributed by atoms with van der Waals surface area (Å²) in [5.74, 6) is 4.48. The van der Waals surface area contributed by atoms with Crippen LogP contribution in [0.25, 0.3) is 0 Å². The molecule has 4 aliphatic rings. The van der Waals surface area contributed by atoms with Gasteiger partial charge in [-0.25, -0.2) is 0 Å². The van der Waals surface area contributed by atoms with Gasteiger partial charge in [0, 0.05) is 6.04 Å².